The van der Waals surface area contributed by atoms with Gasteiger partial charge in [-0.3, -0.25) is 4.90 Å². The third-order valence-electron chi connectivity index (χ3n) is 6.69. The molecule has 1 fully saturated rings. The molecule has 0 spiro atoms. The van der Waals surface area contributed by atoms with Crippen LogP contribution in [0.1, 0.15) is 29.2 Å². The molecule has 1 saturated heterocycles. The van der Waals surface area contributed by atoms with Crippen LogP contribution in [0.15, 0.2) is 60.7 Å². The van der Waals surface area contributed by atoms with Crippen molar-refractivity contribution in [3.63, 3.8) is 0 Å². The zero-order valence-electron chi connectivity index (χ0n) is 19.0. The lowest BCUT2D eigenvalue weighted by molar-refractivity contribution is 0.159. The van der Waals surface area contributed by atoms with E-state index in [1.807, 2.05) is 22.9 Å². The molecule has 3 aromatic rings. The van der Waals surface area contributed by atoms with Gasteiger partial charge < -0.3 is 15.4 Å². The van der Waals surface area contributed by atoms with Gasteiger partial charge in [-0.25, -0.2) is 4.68 Å². The fourth-order valence-electron chi connectivity index (χ4n) is 5.06. The molecule has 0 amide bonds. The quantitative estimate of drug-likeness (QED) is 0.523. The molecular formula is C26H31N5OS. The summed E-state index contributed by atoms with van der Waals surface area (Å²) in [6.07, 6.45) is 3.21. The number of aromatic nitrogens is 2. The van der Waals surface area contributed by atoms with Gasteiger partial charge in [-0.1, -0.05) is 48.5 Å². The van der Waals surface area contributed by atoms with E-state index in [1.165, 1.54) is 16.8 Å². The summed E-state index contributed by atoms with van der Waals surface area (Å²) >= 11 is 5.84. The monoisotopic (exact) mass is 461 g/mol. The van der Waals surface area contributed by atoms with Crippen molar-refractivity contribution in [3.8, 4) is 5.69 Å². The maximum atomic E-state index is 5.84. The molecule has 0 saturated carbocycles. The maximum absolute atomic E-state index is 5.84. The van der Waals surface area contributed by atoms with Gasteiger partial charge in [0.25, 0.3) is 0 Å². The molecule has 5 rings (SSSR count). The number of hydrogen-bond acceptors (Lipinski definition) is 4. The highest BCUT2D eigenvalue weighted by atomic mass is 32.1. The molecule has 2 aliphatic rings. The topological polar surface area (TPSA) is 54.4 Å². The fourth-order valence-corrected chi connectivity index (χ4v) is 5.31. The molecular weight excluding hydrogens is 430 g/mol. The summed E-state index contributed by atoms with van der Waals surface area (Å²) in [5.41, 5.74) is 4.85. The number of nitrogens with one attached hydrogen (secondary N) is 2. The van der Waals surface area contributed by atoms with E-state index in [4.69, 9.17) is 22.1 Å². The number of thiocarbonyl (C=S) groups is 1. The van der Waals surface area contributed by atoms with Crippen LogP contribution < -0.4 is 10.6 Å². The van der Waals surface area contributed by atoms with E-state index >= 15 is 0 Å². The van der Waals surface area contributed by atoms with E-state index in [-0.39, 0.29) is 6.04 Å². The van der Waals surface area contributed by atoms with Crippen molar-refractivity contribution in [2.24, 2.45) is 0 Å². The number of aryl methyl sites for hydroxylation is 1. The predicted octanol–water partition coefficient (Wildman–Crippen LogP) is 3.76. The molecule has 172 valence electrons. The number of anilines is 1. The molecule has 2 N–H and O–H groups in total. The standard InChI is InChI=1S/C26H31N5OS/c1-32-16-15-30-17-22(19-9-4-2-5-10-19)24(18-30)27-26(33)28-25-21-13-8-14-23(21)29-31(25)20-11-6-3-7-12-20/h2-7,9-12,22,24H,8,13-18H2,1H3,(H2,27,28,33). The first-order valence-electron chi connectivity index (χ1n) is 11.7. The van der Waals surface area contributed by atoms with Crippen LogP contribution in [-0.2, 0) is 17.6 Å². The fraction of sp³-hybridized carbons (Fsp3) is 0.385. The van der Waals surface area contributed by atoms with Crippen LogP contribution in [0.4, 0.5) is 5.82 Å². The third-order valence-corrected chi connectivity index (χ3v) is 6.91. The van der Waals surface area contributed by atoms with E-state index in [0.717, 1.165) is 57.0 Å². The van der Waals surface area contributed by atoms with Crippen molar-refractivity contribution in [1.29, 1.82) is 0 Å². The highest BCUT2D eigenvalue weighted by molar-refractivity contribution is 7.80. The molecule has 2 heterocycles. The van der Waals surface area contributed by atoms with Gasteiger partial charge in [0.2, 0.25) is 0 Å². The Morgan fingerprint density at radius 3 is 2.58 bits per heavy atom. The van der Waals surface area contributed by atoms with Crippen LogP contribution in [0.5, 0.6) is 0 Å². The van der Waals surface area contributed by atoms with Gasteiger partial charge in [-0.2, -0.15) is 5.10 Å². The molecule has 1 aliphatic carbocycles. The number of para-hydroxylation sites is 1. The van der Waals surface area contributed by atoms with Gasteiger partial charge in [0.1, 0.15) is 5.82 Å². The Bertz CT molecular complexity index is 1080. The first kappa shape index (κ1) is 22.1. The van der Waals surface area contributed by atoms with Crippen LogP contribution in [0.25, 0.3) is 5.69 Å². The molecule has 6 nitrogen and oxygen atoms in total. The summed E-state index contributed by atoms with van der Waals surface area (Å²) in [7, 11) is 1.76. The number of ether oxygens (including phenoxy) is 1. The van der Waals surface area contributed by atoms with Crippen LogP contribution >= 0.6 is 12.2 Å². The Balaban J connectivity index is 1.35. The second-order valence-electron chi connectivity index (χ2n) is 8.85. The normalized spacial score (nSPS) is 20.0. The van der Waals surface area contributed by atoms with Gasteiger partial charge in [-0.15, -0.1) is 0 Å². The lowest BCUT2D eigenvalue weighted by atomic mass is 9.94. The highest BCUT2D eigenvalue weighted by Gasteiger charge is 2.34. The van der Waals surface area contributed by atoms with Crippen molar-refractivity contribution in [2.45, 2.75) is 31.2 Å². The zero-order valence-corrected chi connectivity index (χ0v) is 19.9. The van der Waals surface area contributed by atoms with Crippen molar-refractivity contribution in [1.82, 2.24) is 20.0 Å². The number of likely N-dealkylation sites (tertiary alicyclic amines) is 1. The first-order chi connectivity index (χ1) is 16.2. The maximum Gasteiger partial charge on any atom is 0.172 e. The molecule has 2 unspecified atom stereocenters. The molecule has 7 heteroatoms. The Morgan fingerprint density at radius 1 is 1.06 bits per heavy atom. The van der Waals surface area contributed by atoms with E-state index in [9.17, 15) is 0 Å². The number of benzene rings is 2. The number of nitrogens with zero attached hydrogens (tertiary/aromatic N) is 3. The van der Waals surface area contributed by atoms with Crippen LogP contribution in [0, 0.1) is 0 Å². The van der Waals surface area contributed by atoms with E-state index < -0.39 is 0 Å². The lowest BCUT2D eigenvalue weighted by Crippen LogP contribution is -2.42. The summed E-state index contributed by atoms with van der Waals surface area (Å²) in [5, 5.41) is 12.7. The predicted molar refractivity (Wildman–Crippen MR) is 136 cm³/mol. The molecule has 0 radical (unpaired) electrons. The van der Waals surface area contributed by atoms with Gasteiger partial charge in [0, 0.05) is 44.3 Å². The summed E-state index contributed by atoms with van der Waals surface area (Å²) in [6.45, 7) is 3.58. The number of hydrogen-bond donors (Lipinski definition) is 2. The highest BCUT2D eigenvalue weighted by Crippen LogP contribution is 2.31. The van der Waals surface area contributed by atoms with Gasteiger partial charge in [-0.05, 0) is 49.2 Å². The third kappa shape index (κ3) is 4.81. The average Bonchev–Trinajstić information content (AvgIpc) is 3.55. The minimum Gasteiger partial charge on any atom is -0.383 e. The lowest BCUT2D eigenvalue weighted by Gasteiger charge is -2.23. The van der Waals surface area contributed by atoms with E-state index in [1.54, 1.807) is 7.11 Å². The number of methoxy groups -OCH3 is 1. The molecule has 33 heavy (non-hydrogen) atoms. The Morgan fingerprint density at radius 2 is 1.82 bits per heavy atom. The smallest absolute Gasteiger partial charge is 0.172 e. The Kier molecular flexibility index (Phi) is 6.71. The first-order valence-corrected chi connectivity index (χ1v) is 12.1. The number of fused-ring (bicyclic) bond motifs is 1. The van der Waals surface area contributed by atoms with Crippen molar-refractivity contribution in [2.75, 3.05) is 38.7 Å². The molecule has 2 aromatic carbocycles. The number of rotatable bonds is 7. The average molecular weight is 462 g/mol. The van der Waals surface area contributed by atoms with Crippen molar-refractivity contribution < 1.29 is 4.74 Å². The van der Waals surface area contributed by atoms with Crippen LogP contribution in [0.2, 0.25) is 0 Å². The summed E-state index contributed by atoms with van der Waals surface area (Å²) in [6, 6.07) is 21.2. The van der Waals surface area contributed by atoms with Crippen LogP contribution in [-0.4, -0.2) is 59.2 Å². The zero-order chi connectivity index (χ0) is 22.6. The van der Waals surface area contributed by atoms with Crippen molar-refractivity contribution >= 4 is 23.1 Å². The second-order valence-corrected chi connectivity index (χ2v) is 9.26. The SMILES string of the molecule is COCCN1CC(NC(=S)Nc2c3c(nn2-c2ccccc2)CCC3)C(c2ccccc2)C1. The van der Waals surface area contributed by atoms with E-state index in [0.29, 0.717) is 11.0 Å². The minimum atomic E-state index is 0.227. The van der Waals surface area contributed by atoms with Crippen LogP contribution in [0.3, 0.4) is 0 Å². The van der Waals surface area contributed by atoms with Gasteiger partial charge in [0.05, 0.1) is 18.0 Å². The van der Waals surface area contributed by atoms with Crippen molar-refractivity contribution in [3.05, 3.63) is 77.5 Å². The summed E-state index contributed by atoms with van der Waals surface area (Å²) in [4.78, 5) is 2.45. The summed E-state index contributed by atoms with van der Waals surface area (Å²) < 4.78 is 7.33. The molecule has 1 aromatic heterocycles. The van der Waals surface area contributed by atoms with Gasteiger partial charge >= 0.3 is 0 Å². The molecule has 0 bridgehead atoms. The molecule has 2 atom stereocenters. The van der Waals surface area contributed by atoms with E-state index in [2.05, 4.69) is 58.0 Å². The minimum absolute atomic E-state index is 0.227. The Labute approximate surface area is 200 Å². The Hall–Kier alpha value is -2.74. The largest absolute Gasteiger partial charge is 0.383 e. The van der Waals surface area contributed by atoms with Gasteiger partial charge in [0.15, 0.2) is 5.11 Å². The molecule has 1 aliphatic heterocycles. The second kappa shape index (κ2) is 10.0. The summed E-state index contributed by atoms with van der Waals surface area (Å²) in [5.74, 6) is 1.37.